The first-order valence-corrected chi connectivity index (χ1v) is 19.2. The highest BCUT2D eigenvalue weighted by Gasteiger charge is 2.35. The summed E-state index contributed by atoms with van der Waals surface area (Å²) < 4.78 is 2.62. The molecule has 0 unspecified atom stereocenters. The number of para-hydroxylation sites is 1. The summed E-state index contributed by atoms with van der Waals surface area (Å²) in [6.07, 6.45) is 0. The Morgan fingerprint density at radius 2 is 1.00 bits per heavy atom. The van der Waals surface area contributed by atoms with Crippen LogP contribution in [0.15, 0.2) is 188 Å². The highest BCUT2D eigenvalue weighted by atomic mass is 32.1. The molecule has 0 saturated carbocycles. The maximum atomic E-state index is 2.47. The number of rotatable bonds is 6. The highest BCUT2D eigenvalue weighted by molar-refractivity contribution is 7.26. The van der Waals surface area contributed by atoms with Crippen LogP contribution in [-0.4, -0.2) is 0 Å². The Balaban J connectivity index is 1.23. The number of hydrogen-bond acceptors (Lipinski definition) is 2. The third-order valence-corrected chi connectivity index (χ3v) is 12.3. The molecule has 0 radical (unpaired) electrons. The van der Waals surface area contributed by atoms with Crippen LogP contribution in [0.5, 0.6) is 0 Å². The monoisotopic (exact) mass is 695 g/mol. The summed E-state index contributed by atoms with van der Waals surface area (Å²) in [6, 6.07) is 69.0. The lowest BCUT2D eigenvalue weighted by molar-refractivity contribution is 0.660. The van der Waals surface area contributed by atoms with Crippen LogP contribution in [0, 0.1) is 0 Å². The fourth-order valence-electron chi connectivity index (χ4n) is 8.42. The number of nitrogens with zero attached hydrogens (tertiary/aromatic N) is 1. The Kier molecular flexibility index (Phi) is 7.42. The quantitative estimate of drug-likeness (QED) is 0.167. The van der Waals surface area contributed by atoms with Crippen LogP contribution < -0.4 is 4.90 Å². The Morgan fingerprint density at radius 1 is 0.396 bits per heavy atom. The van der Waals surface area contributed by atoms with E-state index < -0.39 is 0 Å². The van der Waals surface area contributed by atoms with Gasteiger partial charge in [-0.2, -0.15) is 0 Å². The zero-order valence-corrected chi connectivity index (χ0v) is 30.6. The standard InChI is InChI=1S/C51H37NS/c1-51(2)46-22-12-9-20-41(46)42-30-27-37(31-47(42)51)44-32-39(33-45-43-21-11-14-24-49(43)53-50(44)45)52(38-28-25-35(26-29-38)34-15-5-3-6-16-34)48-23-13-10-19-40(48)36-17-7-4-8-18-36/h3-33H,1-2H3. The van der Waals surface area contributed by atoms with Gasteiger partial charge in [0, 0.05) is 48.1 Å². The van der Waals surface area contributed by atoms with Crippen LogP contribution in [0.2, 0.25) is 0 Å². The van der Waals surface area contributed by atoms with E-state index in [9.17, 15) is 0 Å². The molecule has 0 atom stereocenters. The van der Waals surface area contributed by atoms with Crippen molar-refractivity contribution in [3.8, 4) is 44.5 Å². The van der Waals surface area contributed by atoms with E-state index in [1.807, 2.05) is 11.3 Å². The fourth-order valence-corrected chi connectivity index (χ4v) is 9.64. The molecule has 0 aliphatic heterocycles. The highest BCUT2D eigenvalue weighted by Crippen LogP contribution is 2.52. The molecule has 0 spiro atoms. The van der Waals surface area contributed by atoms with E-state index in [0.29, 0.717) is 0 Å². The maximum absolute atomic E-state index is 2.47. The molecule has 0 bridgehead atoms. The predicted octanol–water partition coefficient (Wildman–Crippen LogP) is 14.8. The van der Waals surface area contributed by atoms with Crippen molar-refractivity contribution >= 4 is 48.6 Å². The minimum Gasteiger partial charge on any atom is -0.310 e. The normalized spacial score (nSPS) is 12.9. The zero-order chi connectivity index (χ0) is 35.5. The van der Waals surface area contributed by atoms with E-state index in [1.165, 1.54) is 75.8 Å². The van der Waals surface area contributed by atoms with Crippen LogP contribution >= 0.6 is 11.3 Å². The second kappa shape index (κ2) is 12.5. The largest absolute Gasteiger partial charge is 0.310 e. The summed E-state index contributed by atoms with van der Waals surface area (Å²) in [4.78, 5) is 2.46. The molecule has 0 saturated heterocycles. The van der Waals surface area contributed by atoms with E-state index in [1.54, 1.807) is 0 Å². The van der Waals surface area contributed by atoms with Crippen LogP contribution in [0.3, 0.4) is 0 Å². The van der Waals surface area contributed by atoms with Crippen LogP contribution in [0.4, 0.5) is 17.1 Å². The summed E-state index contributed by atoms with van der Waals surface area (Å²) in [5, 5.41) is 2.57. The molecular weight excluding hydrogens is 659 g/mol. The predicted molar refractivity (Wildman–Crippen MR) is 228 cm³/mol. The van der Waals surface area contributed by atoms with Crippen LogP contribution in [0.1, 0.15) is 25.0 Å². The Morgan fingerprint density at radius 3 is 1.79 bits per heavy atom. The van der Waals surface area contributed by atoms with E-state index in [2.05, 4.69) is 207 Å². The van der Waals surface area contributed by atoms with Crippen molar-refractivity contribution in [1.82, 2.24) is 0 Å². The summed E-state index contributed by atoms with van der Waals surface area (Å²) in [6.45, 7) is 4.74. The molecule has 10 rings (SSSR count). The molecule has 1 aromatic heterocycles. The first-order valence-electron chi connectivity index (χ1n) is 18.3. The Bertz CT molecular complexity index is 2790. The second-order valence-electron chi connectivity index (χ2n) is 14.5. The van der Waals surface area contributed by atoms with E-state index >= 15 is 0 Å². The molecule has 53 heavy (non-hydrogen) atoms. The molecule has 1 aliphatic rings. The molecule has 1 aliphatic carbocycles. The first kappa shape index (κ1) is 31.5. The average Bonchev–Trinajstić information content (AvgIpc) is 3.70. The third kappa shape index (κ3) is 5.21. The SMILES string of the molecule is CC1(C)c2ccccc2-c2ccc(-c3cc(N(c4ccc(-c5ccccc5)cc4)c4ccccc4-c4ccccc4)cc4c3sc3ccccc34)cc21. The third-order valence-electron chi connectivity index (χ3n) is 11.1. The summed E-state index contributed by atoms with van der Waals surface area (Å²) in [5.41, 5.74) is 16.1. The van der Waals surface area contributed by atoms with Crippen molar-refractivity contribution in [2.24, 2.45) is 0 Å². The Hall–Kier alpha value is -6.22. The van der Waals surface area contributed by atoms with Gasteiger partial charge in [0.25, 0.3) is 0 Å². The van der Waals surface area contributed by atoms with Gasteiger partial charge in [0.2, 0.25) is 0 Å². The first-order chi connectivity index (χ1) is 26.0. The number of thiophene rings is 1. The summed E-state index contributed by atoms with van der Waals surface area (Å²) in [5.74, 6) is 0. The zero-order valence-electron chi connectivity index (χ0n) is 29.8. The fraction of sp³-hybridized carbons (Fsp3) is 0.0588. The molecule has 1 heterocycles. The number of anilines is 3. The minimum absolute atomic E-state index is 0.0833. The van der Waals surface area contributed by atoms with Crippen molar-refractivity contribution in [3.05, 3.63) is 199 Å². The van der Waals surface area contributed by atoms with Crippen molar-refractivity contribution in [2.75, 3.05) is 4.90 Å². The lowest BCUT2D eigenvalue weighted by Crippen LogP contribution is -2.15. The van der Waals surface area contributed by atoms with Gasteiger partial charge in [-0.1, -0.05) is 159 Å². The van der Waals surface area contributed by atoms with Crippen LogP contribution in [-0.2, 0) is 5.41 Å². The molecule has 9 aromatic rings. The molecule has 1 nitrogen and oxygen atoms in total. The van der Waals surface area contributed by atoms with Crippen molar-refractivity contribution in [2.45, 2.75) is 19.3 Å². The molecule has 0 N–H and O–H groups in total. The smallest absolute Gasteiger partial charge is 0.0540 e. The van der Waals surface area contributed by atoms with Crippen LogP contribution in [0.25, 0.3) is 64.7 Å². The van der Waals surface area contributed by atoms with Gasteiger partial charge < -0.3 is 4.90 Å². The molecule has 8 aromatic carbocycles. The van der Waals surface area contributed by atoms with E-state index in [0.717, 1.165) is 17.1 Å². The van der Waals surface area contributed by atoms with Gasteiger partial charge in [-0.3, -0.25) is 0 Å². The van der Waals surface area contributed by atoms with Gasteiger partial charge in [0.15, 0.2) is 0 Å². The number of benzene rings is 8. The van der Waals surface area contributed by atoms with Gasteiger partial charge in [0.05, 0.1) is 5.69 Å². The molecule has 252 valence electrons. The molecule has 0 fully saturated rings. The number of fused-ring (bicyclic) bond motifs is 6. The topological polar surface area (TPSA) is 3.24 Å². The van der Waals surface area contributed by atoms with Crippen molar-refractivity contribution in [1.29, 1.82) is 0 Å². The lowest BCUT2D eigenvalue weighted by atomic mass is 9.81. The number of hydrogen-bond donors (Lipinski definition) is 0. The molecular formula is C51H37NS. The van der Waals surface area contributed by atoms with Crippen molar-refractivity contribution in [3.63, 3.8) is 0 Å². The second-order valence-corrected chi connectivity index (χ2v) is 15.6. The minimum atomic E-state index is -0.0833. The van der Waals surface area contributed by atoms with Gasteiger partial charge in [-0.05, 0) is 87.0 Å². The van der Waals surface area contributed by atoms with E-state index in [4.69, 9.17) is 0 Å². The molecule has 0 amide bonds. The van der Waals surface area contributed by atoms with E-state index in [-0.39, 0.29) is 5.41 Å². The van der Waals surface area contributed by atoms with Gasteiger partial charge >= 0.3 is 0 Å². The summed E-state index contributed by atoms with van der Waals surface area (Å²) >= 11 is 1.90. The summed E-state index contributed by atoms with van der Waals surface area (Å²) in [7, 11) is 0. The lowest BCUT2D eigenvalue weighted by Gasteiger charge is -2.29. The average molecular weight is 696 g/mol. The van der Waals surface area contributed by atoms with Crippen molar-refractivity contribution < 1.29 is 0 Å². The van der Waals surface area contributed by atoms with Gasteiger partial charge in [-0.15, -0.1) is 11.3 Å². The maximum Gasteiger partial charge on any atom is 0.0540 e. The Labute approximate surface area is 315 Å². The van der Waals surface area contributed by atoms with Gasteiger partial charge in [0.1, 0.15) is 0 Å². The molecule has 2 heteroatoms. The van der Waals surface area contributed by atoms with Gasteiger partial charge in [-0.25, -0.2) is 0 Å².